The van der Waals surface area contributed by atoms with E-state index in [9.17, 15) is 4.79 Å². The van der Waals surface area contributed by atoms with Gasteiger partial charge in [-0.25, -0.2) is 4.79 Å². The van der Waals surface area contributed by atoms with Crippen LogP contribution in [-0.2, 0) is 4.74 Å². The summed E-state index contributed by atoms with van der Waals surface area (Å²) < 4.78 is 5.42. The number of carbonyl (C=O) groups excluding carboxylic acids is 1. The lowest BCUT2D eigenvalue weighted by molar-refractivity contribution is 0.0191. The van der Waals surface area contributed by atoms with E-state index in [1.54, 1.807) is 0 Å². The molecular formula is C17H31N3O2. The molecule has 0 aromatic heterocycles. The predicted molar refractivity (Wildman–Crippen MR) is 87.0 cm³/mol. The monoisotopic (exact) mass is 309 g/mol. The molecule has 1 saturated carbocycles. The van der Waals surface area contributed by atoms with E-state index in [1.165, 1.54) is 32.1 Å². The van der Waals surface area contributed by atoms with Crippen molar-refractivity contribution in [2.75, 3.05) is 45.9 Å². The summed E-state index contributed by atoms with van der Waals surface area (Å²) in [6, 6.07) is 0.678. The fraction of sp³-hybridized carbons (Fsp3) is 0.941. The van der Waals surface area contributed by atoms with Crippen LogP contribution >= 0.6 is 0 Å². The summed E-state index contributed by atoms with van der Waals surface area (Å²) in [4.78, 5) is 17.0. The first-order valence-electron chi connectivity index (χ1n) is 9.07. The van der Waals surface area contributed by atoms with Crippen molar-refractivity contribution in [3.63, 3.8) is 0 Å². The molecule has 3 aliphatic rings. The normalized spacial score (nSPS) is 29.0. The summed E-state index contributed by atoms with van der Waals surface area (Å²) >= 11 is 0. The lowest BCUT2D eigenvalue weighted by atomic mass is 9.83. The zero-order valence-electron chi connectivity index (χ0n) is 14.0. The molecule has 0 spiro atoms. The van der Waals surface area contributed by atoms with Gasteiger partial charge in [0.15, 0.2) is 0 Å². The third kappa shape index (κ3) is 3.57. The van der Waals surface area contributed by atoms with Crippen LogP contribution in [0.1, 0.15) is 45.4 Å². The van der Waals surface area contributed by atoms with Crippen molar-refractivity contribution < 1.29 is 9.53 Å². The Bertz CT molecular complexity index is 376. The number of hydrogen-bond acceptors (Lipinski definition) is 3. The van der Waals surface area contributed by atoms with Gasteiger partial charge >= 0.3 is 6.03 Å². The average Bonchev–Trinajstić information content (AvgIpc) is 3.24. The Kier molecular flexibility index (Phi) is 5.24. The zero-order chi connectivity index (χ0) is 15.4. The van der Waals surface area contributed by atoms with E-state index in [-0.39, 0.29) is 6.03 Å². The molecule has 1 atom stereocenters. The topological polar surface area (TPSA) is 44.8 Å². The van der Waals surface area contributed by atoms with Crippen molar-refractivity contribution in [1.29, 1.82) is 0 Å². The average molecular weight is 309 g/mol. The second-order valence-electron chi connectivity index (χ2n) is 7.26. The first-order chi connectivity index (χ1) is 10.7. The Morgan fingerprint density at radius 1 is 1.23 bits per heavy atom. The fourth-order valence-corrected chi connectivity index (χ4v) is 4.32. The molecule has 22 heavy (non-hydrogen) atoms. The number of nitrogens with one attached hydrogen (secondary N) is 1. The van der Waals surface area contributed by atoms with E-state index in [4.69, 9.17) is 4.74 Å². The molecule has 1 unspecified atom stereocenters. The van der Waals surface area contributed by atoms with Crippen LogP contribution in [0.15, 0.2) is 0 Å². The third-order valence-corrected chi connectivity index (χ3v) is 6.04. The summed E-state index contributed by atoms with van der Waals surface area (Å²) in [6.07, 6.45) is 7.50. The van der Waals surface area contributed by atoms with Gasteiger partial charge in [-0.15, -0.1) is 0 Å². The minimum absolute atomic E-state index is 0.149. The van der Waals surface area contributed by atoms with Gasteiger partial charge in [-0.3, -0.25) is 4.90 Å². The van der Waals surface area contributed by atoms with E-state index in [0.717, 1.165) is 52.4 Å². The van der Waals surface area contributed by atoms with Crippen LogP contribution in [-0.4, -0.2) is 67.8 Å². The first kappa shape index (κ1) is 16.1. The number of rotatable bonds is 4. The maximum atomic E-state index is 12.5. The quantitative estimate of drug-likeness (QED) is 0.865. The molecule has 0 bridgehead atoms. The van der Waals surface area contributed by atoms with Crippen LogP contribution in [0.5, 0.6) is 0 Å². The molecule has 5 nitrogen and oxygen atoms in total. The number of hydrogen-bond donors (Lipinski definition) is 1. The van der Waals surface area contributed by atoms with Crippen LogP contribution in [0.3, 0.4) is 0 Å². The molecule has 2 heterocycles. The van der Waals surface area contributed by atoms with Crippen molar-refractivity contribution in [3.8, 4) is 0 Å². The molecule has 3 fully saturated rings. The van der Waals surface area contributed by atoms with Crippen molar-refractivity contribution >= 4 is 6.03 Å². The fourth-order valence-electron chi connectivity index (χ4n) is 4.32. The van der Waals surface area contributed by atoms with Crippen LogP contribution in [0.4, 0.5) is 4.79 Å². The Morgan fingerprint density at radius 3 is 2.64 bits per heavy atom. The van der Waals surface area contributed by atoms with E-state index >= 15 is 0 Å². The largest absolute Gasteiger partial charge is 0.379 e. The Hall–Kier alpha value is -0.810. The van der Waals surface area contributed by atoms with Gasteiger partial charge < -0.3 is 15.0 Å². The molecule has 0 aromatic carbocycles. The van der Waals surface area contributed by atoms with Crippen molar-refractivity contribution in [2.24, 2.45) is 5.41 Å². The summed E-state index contributed by atoms with van der Waals surface area (Å²) in [7, 11) is 0. The standard InChI is InChI=1S/C17H31N3O2/c1-2-17(6-3-4-7-17)14-18-16(21)20-8-5-15(13-20)19-9-11-22-12-10-19/h15H,2-14H2,1H3,(H,18,21). The van der Waals surface area contributed by atoms with E-state index in [2.05, 4.69) is 17.1 Å². The lowest BCUT2D eigenvalue weighted by Gasteiger charge is -2.32. The maximum absolute atomic E-state index is 12.5. The molecule has 0 aromatic rings. The highest BCUT2D eigenvalue weighted by molar-refractivity contribution is 5.74. The van der Waals surface area contributed by atoms with Gasteiger partial charge in [0.1, 0.15) is 0 Å². The molecule has 2 saturated heterocycles. The highest BCUT2D eigenvalue weighted by Crippen LogP contribution is 2.40. The predicted octanol–water partition coefficient (Wildman–Crippen LogP) is 2.07. The lowest BCUT2D eigenvalue weighted by Crippen LogP contribution is -2.47. The van der Waals surface area contributed by atoms with E-state index in [0.29, 0.717) is 11.5 Å². The number of likely N-dealkylation sites (tertiary alicyclic amines) is 1. The van der Waals surface area contributed by atoms with Crippen molar-refractivity contribution in [2.45, 2.75) is 51.5 Å². The van der Waals surface area contributed by atoms with E-state index in [1.807, 2.05) is 4.90 Å². The number of amides is 2. The summed E-state index contributed by atoms with van der Waals surface area (Å²) in [5.41, 5.74) is 0.374. The molecule has 1 N–H and O–H groups in total. The van der Waals surface area contributed by atoms with Crippen molar-refractivity contribution in [3.05, 3.63) is 0 Å². The maximum Gasteiger partial charge on any atom is 0.317 e. The van der Waals surface area contributed by atoms with Gasteiger partial charge in [0.2, 0.25) is 0 Å². The molecular weight excluding hydrogens is 278 g/mol. The molecule has 5 heteroatoms. The first-order valence-corrected chi connectivity index (χ1v) is 9.07. The highest BCUT2D eigenvalue weighted by atomic mass is 16.5. The Labute approximate surface area is 134 Å². The second-order valence-corrected chi connectivity index (χ2v) is 7.26. The SMILES string of the molecule is CCC1(CNC(=O)N2CCC(N3CCOCC3)C2)CCCC1. The van der Waals surface area contributed by atoms with Crippen LogP contribution < -0.4 is 5.32 Å². The second kappa shape index (κ2) is 7.18. The van der Waals surface area contributed by atoms with Gasteiger partial charge in [0.05, 0.1) is 13.2 Å². The number of carbonyl (C=O) groups is 1. The van der Waals surface area contributed by atoms with Crippen molar-refractivity contribution in [1.82, 2.24) is 15.1 Å². The van der Waals surface area contributed by atoms with Crippen LogP contribution in [0.2, 0.25) is 0 Å². The smallest absolute Gasteiger partial charge is 0.317 e. The molecule has 1 aliphatic carbocycles. The van der Waals surface area contributed by atoms with Gasteiger partial charge in [-0.2, -0.15) is 0 Å². The van der Waals surface area contributed by atoms with Gasteiger partial charge in [0.25, 0.3) is 0 Å². The number of urea groups is 1. The van der Waals surface area contributed by atoms with Crippen LogP contribution in [0, 0.1) is 5.41 Å². The number of nitrogens with zero attached hydrogens (tertiary/aromatic N) is 2. The number of morpholine rings is 1. The van der Waals surface area contributed by atoms with Gasteiger partial charge in [-0.05, 0) is 31.1 Å². The Balaban J connectivity index is 1.45. The molecule has 2 aliphatic heterocycles. The third-order valence-electron chi connectivity index (χ3n) is 6.04. The van der Waals surface area contributed by atoms with Gasteiger partial charge in [-0.1, -0.05) is 19.8 Å². The summed E-state index contributed by atoms with van der Waals surface area (Å²) in [6.45, 7) is 8.60. The molecule has 0 radical (unpaired) electrons. The molecule has 126 valence electrons. The summed E-state index contributed by atoms with van der Waals surface area (Å²) in [5, 5.41) is 3.23. The highest BCUT2D eigenvalue weighted by Gasteiger charge is 2.34. The molecule has 2 amide bonds. The number of ether oxygens (including phenoxy) is 1. The van der Waals surface area contributed by atoms with E-state index < -0.39 is 0 Å². The van der Waals surface area contributed by atoms with Gasteiger partial charge in [0, 0.05) is 38.8 Å². The minimum atomic E-state index is 0.149. The van der Waals surface area contributed by atoms with Crippen LogP contribution in [0.25, 0.3) is 0 Å². The minimum Gasteiger partial charge on any atom is -0.379 e. The zero-order valence-corrected chi connectivity index (χ0v) is 14.0. The Morgan fingerprint density at radius 2 is 1.95 bits per heavy atom. The molecule has 3 rings (SSSR count). The summed E-state index contributed by atoms with van der Waals surface area (Å²) in [5.74, 6) is 0.